The highest BCUT2D eigenvalue weighted by molar-refractivity contribution is 6.60. The van der Waals surface area contributed by atoms with Crippen LogP contribution in [0.3, 0.4) is 0 Å². The number of nitrogens with zero attached hydrogens (tertiary/aromatic N) is 4. The van der Waals surface area contributed by atoms with Gasteiger partial charge in [0, 0.05) is 37.3 Å². The predicted octanol–water partition coefficient (Wildman–Crippen LogP) is 6.98. The number of benzene rings is 2. The van der Waals surface area contributed by atoms with Crippen LogP contribution in [-0.4, -0.2) is 86.3 Å². The molecule has 0 atom stereocenters. The molecule has 0 aliphatic heterocycles. The van der Waals surface area contributed by atoms with Gasteiger partial charge >= 0.3 is 0 Å². The van der Waals surface area contributed by atoms with Crippen LogP contribution >= 0.6 is 0 Å². The molecule has 3 rings (SSSR count). The molecule has 1 aliphatic rings. The van der Waals surface area contributed by atoms with Crippen LogP contribution in [-0.2, 0) is 22.7 Å². The van der Waals surface area contributed by atoms with E-state index >= 15 is 0 Å². The lowest BCUT2D eigenvalue weighted by Gasteiger charge is -2.21. The molecule has 0 saturated heterocycles. The maximum atomic E-state index is 12.7. The third-order valence-corrected chi connectivity index (χ3v) is 8.74. The molecule has 0 aromatic heterocycles. The van der Waals surface area contributed by atoms with Gasteiger partial charge in [0.2, 0.25) is 0 Å². The van der Waals surface area contributed by atoms with Crippen molar-refractivity contribution in [2.75, 3.05) is 53.5 Å². The summed E-state index contributed by atoms with van der Waals surface area (Å²) < 4.78 is 11.0. The van der Waals surface area contributed by atoms with Gasteiger partial charge in [0.05, 0.1) is 38.5 Å². The van der Waals surface area contributed by atoms with Crippen molar-refractivity contribution < 1.29 is 19.1 Å². The highest BCUT2D eigenvalue weighted by Gasteiger charge is 2.28. The summed E-state index contributed by atoms with van der Waals surface area (Å²) in [4.78, 5) is 39.2. The summed E-state index contributed by atoms with van der Waals surface area (Å²) in [6.45, 7) is 11.5. The van der Waals surface area contributed by atoms with E-state index in [-0.39, 0.29) is 24.4 Å². The van der Waals surface area contributed by atoms with Crippen LogP contribution < -0.4 is 9.47 Å². The van der Waals surface area contributed by atoms with E-state index in [1.807, 2.05) is 24.3 Å². The maximum Gasteiger partial charge on any atom is 0.183 e. The Morgan fingerprint density at radius 3 is 1.37 bits per heavy atom. The number of rotatable bonds is 22. The van der Waals surface area contributed by atoms with Crippen LogP contribution in [0, 0.1) is 0 Å². The van der Waals surface area contributed by atoms with Gasteiger partial charge in [0.1, 0.15) is 11.5 Å². The number of carbonyl (C=O) groups is 2. The quantitative estimate of drug-likeness (QED) is 0.130. The van der Waals surface area contributed by atoms with Crippen LogP contribution in [0.1, 0.15) is 89.2 Å². The van der Waals surface area contributed by atoms with Crippen molar-refractivity contribution in [2.45, 2.75) is 91.1 Å². The second-order valence-electron chi connectivity index (χ2n) is 12.0. The first-order valence-corrected chi connectivity index (χ1v) is 17.3. The van der Waals surface area contributed by atoms with Crippen LogP contribution in [0.25, 0.3) is 0 Å². The fourth-order valence-electron chi connectivity index (χ4n) is 5.87. The minimum atomic E-state index is -0.0389. The third kappa shape index (κ3) is 12.8. The Kier molecular flexibility index (Phi) is 17.3. The minimum Gasteiger partial charge on any atom is -0.496 e. The van der Waals surface area contributed by atoms with Gasteiger partial charge in [-0.2, -0.15) is 0 Å². The molecule has 46 heavy (non-hydrogen) atoms. The number of hydrogen-bond acceptors (Lipinski definition) is 8. The Hall–Kier alpha value is -3.36. The molecule has 8 nitrogen and oxygen atoms in total. The Labute approximate surface area is 277 Å². The molecule has 8 heteroatoms. The Balaban J connectivity index is 1.26. The first kappa shape index (κ1) is 37.1. The van der Waals surface area contributed by atoms with Gasteiger partial charge in [-0.05, 0) is 64.0 Å². The van der Waals surface area contributed by atoms with E-state index < -0.39 is 0 Å². The Morgan fingerprint density at radius 1 is 0.587 bits per heavy atom. The number of aliphatic imine (C=N–C) groups is 2. The highest BCUT2D eigenvalue weighted by atomic mass is 16.5. The topological polar surface area (TPSA) is 83.8 Å². The molecular weight excluding hydrogens is 576 g/mol. The van der Waals surface area contributed by atoms with E-state index in [2.05, 4.69) is 57.9 Å². The number of methoxy groups -OCH3 is 2. The van der Waals surface area contributed by atoms with Crippen LogP contribution in [0.5, 0.6) is 11.5 Å². The van der Waals surface area contributed by atoms with Crippen molar-refractivity contribution in [2.24, 2.45) is 9.98 Å². The van der Waals surface area contributed by atoms with E-state index in [1.54, 1.807) is 14.2 Å². The zero-order chi connectivity index (χ0) is 33.0. The predicted molar refractivity (Wildman–Crippen MR) is 189 cm³/mol. The molecule has 0 N–H and O–H groups in total. The molecule has 252 valence electrons. The number of ketones is 2. The zero-order valence-corrected chi connectivity index (χ0v) is 28.8. The largest absolute Gasteiger partial charge is 0.496 e. The lowest BCUT2D eigenvalue weighted by atomic mass is 9.93. The fraction of sp³-hybridized carbons (Fsp3) is 0.579. The molecule has 1 fully saturated rings. The number of para-hydroxylation sites is 2. The maximum absolute atomic E-state index is 12.7. The summed E-state index contributed by atoms with van der Waals surface area (Å²) in [6, 6.07) is 16.4. The summed E-state index contributed by atoms with van der Waals surface area (Å²) in [5.74, 6) is 1.80. The summed E-state index contributed by atoms with van der Waals surface area (Å²) in [5, 5.41) is 0. The number of carbonyl (C=O) groups excluding carboxylic acids is 2. The number of Topliss-reactive ketones (excluding diaryl/α,β-unsaturated/α-hetero) is 2. The fourth-order valence-corrected chi connectivity index (χ4v) is 5.87. The third-order valence-electron chi connectivity index (χ3n) is 8.74. The van der Waals surface area contributed by atoms with Gasteiger partial charge in [0.15, 0.2) is 11.6 Å². The first-order valence-electron chi connectivity index (χ1n) is 17.3. The highest BCUT2D eigenvalue weighted by Crippen LogP contribution is 2.21. The molecule has 0 spiro atoms. The van der Waals surface area contributed by atoms with Gasteiger partial charge in [-0.15, -0.1) is 0 Å². The standard InChI is InChI=1S/C38H56N4O4/c1-5-41(29-31-19-11-13-21-37(31)45-3)25-17-9-7-15-23-39-33-27-36(44)34(28-35(33)43)40-24-16-8-10-18-26-42(6-2)30-32-20-12-14-22-38(32)46-4/h11-14,19-22H,5-10,15-18,23-30H2,1-4H3. The van der Waals surface area contributed by atoms with E-state index in [9.17, 15) is 9.59 Å². The van der Waals surface area contributed by atoms with Gasteiger partial charge in [-0.1, -0.05) is 75.9 Å². The van der Waals surface area contributed by atoms with Crippen molar-refractivity contribution >= 4 is 23.0 Å². The lowest BCUT2D eigenvalue weighted by Crippen LogP contribution is -2.33. The van der Waals surface area contributed by atoms with Crippen molar-refractivity contribution in [3.8, 4) is 11.5 Å². The summed E-state index contributed by atoms with van der Waals surface area (Å²) >= 11 is 0. The Morgan fingerprint density at radius 2 is 0.978 bits per heavy atom. The van der Waals surface area contributed by atoms with E-state index in [0.717, 1.165) is 102 Å². The zero-order valence-electron chi connectivity index (χ0n) is 28.8. The van der Waals surface area contributed by atoms with Gasteiger partial charge in [0.25, 0.3) is 0 Å². The molecule has 0 bridgehead atoms. The molecule has 1 saturated carbocycles. The molecule has 0 heterocycles. The average molecular weight is 633 g/mol. The number of ether oxygens (including phenoxy) is 2. The minimum absolute atomic E-state index is 0.0389. The van der Waals surface area contributed by atoms with Crippen LogP contribution in [0.15, 0.2) is 58.5 Å². The molecule has 2 aromatic rings. The SMILES string of the molecule is CCN(CCCCCCN=C1CC(=O)C(=NCCCCCCN(CC)Cc2ccccc2OC)CC1=O)Cc1ccccc1OC. The summed E-state index contributed by atoms with van der Waals surface area (Å²) in [5.41, 5.74) is 3.31. The Bertz CT molecular complexity index is 1180. The first-order chi connectivity index (χ1) is 22.5. The normalized spacial score (nSPS) is 15.4. The lowest BCUT2D eigenvalue weighted by molar-refractivity contribution is -0.116. The van der Waals surface area contributed by atoms with E-state index in [1.165, 1.54) is 11.1 Å². The second-order valence-corrected chi connectivity index (χ2v) is 12.0. The van der Waals surface area contributed by atoms with Gasteiger partial charge < -0.3 is 9.47 Å². The molecule has 1 aliphatic carbocycles. The molecule has 0 radical (unpaired) electrons. The van der Waals surface area contributed by atoms with Crippen LogP contribution in [0.2, 0.25) is 0 Å². The van der Waals surface area contributed by atoms with Crippen molar-refractivity contribution in [3.63, 3.8) is 0 Å². The van der Waals surface area contributed by atoms with Gasteiger partial charge in [-0.3, -0.25) is 29.4 Å². The average Bonchev–Trinajstić information content (AvgIpc) is 3.08. The van der Waals surface area contributed by atoms with Crippen molar-refractivity contribution in [1.29, 1.82) is 0 Å². The molecular formula is C38H56N4O4. The van der Waals surface area contributed by atoms with Gasteiger partial charge in [-0.25, -0.2) is 0 Å². The smallest absolute Gasteiger partial charge is 0.183 e. The number of hydrogen-bond donors (Lipinski definition) is 0. The van der Waals surface area contributed by atoms with E-state index in [4.69, 9.17) is 9.47 Å². The summed E-state index contributed by atoms with van der Waals surface area (Å²) in [6.07, 6.45) is 8.69. The van der Waals surface area contributed by atoms with Crippen LogP contribution in [0.4, 0.5) is 0 Å². The van der Waals surface area contributed by atoms with Crippen molar-refractivity contribution in [1.82, 2.24) is 9.80 Å². The summed E-state index contributed by atoms with van der Waals surface area (Å²) in [7, 11) is 3.44. The second kappa shape index (κ2) is 21.4. The van der Waals surface area contributed by atoms with E-state index in [0.29, 0.717) is 24.5 Å². The molecule has 2 aromatic carbocycles. The monoisotopic (exact) mass is 632 g/mol. The van der Waals surface area contributed by atoms with Crippen molar-refractivity contribution in [3.05, 3.63) is 59.7 Å². The molecule has 0 amide bonds. The number of unbranched alkanes of at least 4 members (excludes halogenated alkanes) is 6. The molecule has 0 unspecified atom stereocenters.